The first-order valence-corrected chi connectivity index (χ1v) is 7.79. The first-order chi connectivity index (χ1) is 11.5. The summed E-state index contributed by atoms with van der Waals surface area (Å²) in [5.41, 5.74) is 1.77. The number of nitrogens with zero attached hydrogens (tertiary/aromatic N) is 2. The van der Waals surface area contributed by atoms with E-state index in [9.17, 15) is 9.59 Å². The molecule has 128 valence electrons. The van der Waals surface area contributed by atoms with Gasteiger partial charge in [-0.1, -0.05) is 30.3 Å². The van der Waals surface area contributed by atoms with Crippen LogP contribution in [0.15, 0.2) is 36.4 Å². The van der Waals surface area contributed by atoms with Crippen LogP contribution in [0.25, 0.3) is 0 Å². The average Bonchev–Trinajstić information content (AvgIpc) is 2.88. The zero-order valence-electron chi connectivity index (χ0n) is 13.9. The van der Waals surface area contributed by atoms with E-state index in [1.807, 2.05) is 37.3 Å². The molecule has 0 saturated carbocycles. The van der Waals surface area contributed by atoms with Crippen molar-refractivity contribution < 1.29 is 14.3 Å². The number of carbonyl (C=O) groups is 2. The zero-order valence-corrected chi connectivity index (χ0v) is 13.9. The van der Waals surface area contributed by atoms with E-state index in [4.69, 9.17) is 4.74 Å². The highest BCUT2D eigenvalue weighted by Gasteiger charge is 2.07. The third kappa shape index (κ3) is 5.75. The summed E-state index contributed by atoms with van der Waals surface area (Å²) in [7, 11) is 1.77. The van der Waals surface area contributed by atoms with Gasteiger partial charge >= 0.3 is 6.09 Å². The molecule has 0 saturated heterocycles. The van der Waals surface area contributed by atoms with E-state index < -0.39 is 6.09 Å². The summed E-state index contributed by atoms with van der Waals surface area (Å²) >= 11 is 0. The highest BCUT2D eigenvalue weighted by atomic mass is 16.5. The van der Waals surface area contributed by atoms with Crippen molar-refractivity contribution in [3.8, 4) is 0 Å². The molecule has 7 nitrogen and oxygen atoms in total. The number of benzene rings is 1. The van der Waals surface area contributed by atoms with Crippen LogP contribution in [-0.4, -0.2) is 28.3 Å². The van der Waals surface area contributed by atoms with Gasteiger partial charge in [-0.25, -0.2) is 4.79 Å². The molecule has 0 spiro atoms. The Labute approximate surface area is 141 Å². The number of hydrogen-bond acceptors (Lipinski definition) is 4. The second-order valence-electron chi connectivity index (χ2n) is 5.43. The molecule has 0 fully saturated rings. The Balaban J connectivity index is 1.59. The number of carbonyl (C=O) groups excluding carboxylic acids is 2. The summed E-state index contributed by atoms with van der Waals surface area (Å²) in [6.07, 6.45) is 0.355. The van der Waals surface area contributed by atoms with Crippen molar-refractivity contribution in [2.75, 3.05) is 11.9 Å². The molecule has 0 unspecified atom stereocenters. The van der Waals surface area contributed by atoms with Crippen molar-refractivity contribution in [2.45, 2.75) is 26.4 Å². The number of rotatable bonds is 7. The highest BCUT2D eigenvalue weighted by molar-refractivity contribution is 5.89. The molecule has 0 radical (unpaired) electrons. The SMILES string of the molecule is Cc1cc(NC(=O)CCCNC(=O)OCc2ccccc2)n(C)n1. The van der Waals surface area contributed by atoms with Crippen LogP contribution in [0, 0.1) is 6.92 Å². The Morgan fingerprint density at radius 3 is 2.67 bits per heavy atom. The maximum Gasteiger partial charge on any atom is 0.407 e. The lowest BCUT2D eigenvalue weighted by atomic mass is 10.2. The summed E-state index contributed by atoms with van der Waals surface area (Å²) < 4.78 is 6.70. The van der Waals surface area contributed by atoms with Crippen molar-refractivity contribution in [3.63, 3.8) is 0 Å². The molecule has 2 aromatic rings. The molecule has 2 N–H and O–H groups in total. The Morgan fingerprint density at radius 2 is 2.00 bits per heavy atom. The lowest BCUT2D eigenvalue weighted by molar-refractivity contribution is -0.116. The van der Waals surface area contributed by atoms with Crippen molar-refractivity contribution in [1.29, 1.82) is 0 Å². The van der Waals surface area contributed by atoms with Gasteiger partial charge in [0, 0.05) is 26.1 Å². The van der Waals surface area contributed by atoms with E-state index in [1.54, 1.807) is 17.8 Å². The predicted octanol–water partition coefficient (Wildman–Crippen LogP) is 2.37. The van der Waals surface area contributed by atoms with E-state index in [-0.39, 0.29) is 12.5 Å². The van der Waals surface area contributed by atoms with Crippen LogP contribution in [0.1, 0.15) is 24.1 Å². The van der Waals surface area contributed by atoms with Crippen LogP contribution >= 0.6 is 0 Å². The van der Waals surface area contributed by atoms with Gasteiger partial charge in [0.05, 0.1) is 5.69 Å². The number of nitrogens with one attached hydrogen (secondary N) is 2. The van der Waals surface area contributed by atoms with Crippen LogP contribution in [0.4, 0.5) is 10.6 Å². The van der Waals surface area contributed by atoms with Gasteiger partial charge in [0.1, 0.15) is 12.4 Å². The molecule has 7 heteroatoms. The Morgan fingerprint density at radius 1 is 1.25 bits per heavy atom. The van der Waals surface area contributed by atoms with Crippen molar-refractivity contribution in [3.05, 3.63) is 47.7 Å². The van der Waals surface area contributed by atoms with Gasteiger partial charge < -0.3 is 15.4 Å². The summed E-state index contributed by atoms with van der Waals surface area (Å²) in [6, 6.07) is 11.3. The second kappa shape index (κ2) is 8.71. The molecule has 1 heterocycles. The number of ether oxygens (including phenoxy) is 1. The van der Waals surface area contributed by atoms with Crippen LogP contribution in [0.3, 0.4) is 0 Å². The van der Waals surface area contributed by atoms with Gasteiger partial charge in [0.15, 0.2) is 0 Å². The standard InChI is InChI=1S/C17H22N4O3/c1-13-11-15(21(2)20-13)19-16(22)9-6-10-18-17(23)24-12-14-7-4-3-5-8-14/h3-5,7-8,11H,6,9-10,12H2,1-2H3,(H,18,23)(H,19,22). The summed E-state index contributed by atoms with van der Waals surface area (Å²) in [4.78, 5) is 23.4. The highest BCUT2D eigenvalue weighted by Crippen LogP contribution is 2.08. The smallest absolute Gasteiger partial charge is 0.407 e. The van der Waals surface area contributed by atoms with Crippen LogP contribution in [-0.2, 0) is 23.2 Å². The Hall–Kier alpha value is -2.83. The quantitative estimate of drug-likeness (QED) is 0.763. The number of aromatic nitrogens is 2. The van der Waals surface area contributed by atoms with Crippen LogP contribution in [0.2, 0.25) is 0 Å². The van der Waals surface area contributed by atoms with Gasteiger partial charge in [0.25, 0.3) is 0 Å². The Kier molecular flexibility index (Phi) is 6.36. The van der Waals surface area contributed by atoms with Crippen LogP contribution in [0.5, 0.6) is 0 Å². The molecule has 2 rings (SSSR count). The maximum atomic E-state index is 11.8. The molecule has 0 bridgehead atoms. The number of aryl methyl sites for hydroxylation is 2. The van der Waals surface area contributed by atoms with Gasteiger partial charge in [0.2, 0.25) is 5.91 Å². The average molecular weight is 330 g/mol. The number of anilines is 1. The van der Waals surface area contributed by atoms with Crippen LogP contribution < -0.4 is 10.6 Å². The third-order valence-electron chi connectivity index (χ3n) is 3.33. The van der Waals surface area contributed by atoms with Crippen molar-refractivity contribution in [2.24, 2.45) is 7.05 Å². The second-order valence-corrected chi connectivity index (χ2v) is 5.43. The molecule has 1 aromatic heterocycles. The summed E-state index contributed by atoms with van der Waals surface area (Å²) in [5, 5.41) is 9.57. The predicted molar refractivity (Wildman–Crippen MR) is 90.4 cm³/mol. The van der Waals surface area contributed by atoms with Gasteiger partial charge in [-0.2, -0.15) is 5.10 Å². The third-order valence-corrected chi connectivity index (χ3v) is 3.33. The summed E-state index contributed by atoms with van der Waals surface area (Å²) in [5.74, 6) is 0.546. The van der Waals surface area contributed by atoms with E-state index in [1.165, 1.54) is 0 Å². The summed E-state index contributed by atoms with van der Waals surface area (Å²) in [6.45, 7) is 2.47. The molecule has 0 atom stereocenters. The first kappa shape index (κ1) is 17.5. The lowest BCUT2D eigenvalue weighted by Gasteiger charge is -2.07. The van der Waals surface area contributed by atoms with E-state index in [2.05, 4.69) is 15.7 Å². The topological polar surface area (TPSA) is 85.3 Å². The zero-order chi connectivity index (χ0) is 17.4. The maximum absolute atomic E-state index is 11.8. The first-order valence-electron chi connectivity index (χ1n) is 7.79. The molecule has 0 aliphatic heterocycles. The molecular formula is C17H22N4O3. The minimum Gasteiger partial charge on any atom is -0.445 e. The van der Waals surface area contributed by atoms with Gasteiger partial charge in [-0.3, -0.25) is 9.48 Å². The molecule has 0 aliphatic carbocycles. The largest absolute Gasteiger partial charge is 0.445 e. The number of alkyl carbamates (subject to hydrolysis) is 1. The molecular weight excluding hydrogens is 308 g/mol. The van der Waals surface area contributed by atoms with Gasteiger partial charge in [-0.05, 0) is 18.9 Å². The molecule has 24 heavy (non-hydrogen) atoms. The van der Waals surface area contributed by atoms with Gasteiger partial charge in [-0.15, -0.1) is 0 Å². The number of amides is 2. The van der Waals surface area contributed by atoms with E-state index >= 15 is 0 Å². The monoisotopic (exact) mass is 330 g/mol. The number of hydrogen-bond donors (Lipinski definition) is 2. The molecule has 0 aliphatic rings. The fourth-order valence-electron chi connectivity index (χ4n) is 2.15. The lowest BCUT2D eigenvalue weighted by Crippen LogP contribution is -2.26. The fourth-order valence-corrected chi connectivity index (χ4v) is 2.15. The normalized spacial score (nSPS) is 10.2. The molecule has 1 aromatic carbocycles. The van der Waals surface area contributed by atoms with Crippen molar-refractivity contribution in [1.82, 2.24) is 15.1 Å². The molecule has 2 amide bonds. The van der Waals surface area contributed by atoms with E-state index in [0.717, 1.165) is 11.3 Å². The fraction of sp³-hybridized carbons (Fsp3) is 0.353. The Bertz CT molecular complexity index is 682. The minimum atomic E-state index is -0.485. The van der Waals surface area contributed by atoms with E-state index in [0.29, 0.717) is 25.2 Å². The van der Waals surface area contributed by atoms with Crippen molar-refractivity contribution >= 4 is 17.8 Å². The minimum absolute atomic E-state index is 0.113.